The Morgan fingerprint density at radius 2 is 1.21 bits per heavy atom. The van der Waals surface area contributed by atoms with Gasteiger partial charge in [0.2, 0.25) is 5.91 Å². The minimum Gasteiger partial charge on any atom is -0.449 e. The summed E-state index contributed by atoms with van der Waals surface area (Å²) in [6.07, 6.45) is -0.719. The number of hydrogen-bond acceptors (Lipinski definition) is 6. The fourth-order valence-electron chi connectivity index (χ4n) is 4.59. The van der Waals surface area contributed by atoms with Gasteiger partial charge in [-0.15, -0.1) is 0 Å². The largest absolute Gasteiger partial charge is 0.449 e. The van der Waals surface area contributed by atoms with E-state index < -0.39 is 18.0 Å². The third kappa shape index (κ3) is 6.93. The molecule has 1 aromatic heterocycles. The van der Waals surface area contributed by atoms with E-state index in [2.05, 4.69) is 10.6 Å². The second kappa shape index (κ2) is 12.7. The van der Waals surface area contributed by atoms with Gasteiger partial charge in [-0.25, -0.2) is 14.8 Å². The number of rotatable bonds is 8. The summed E-state index contributed by atoms with van der Waals surface area (Å²) in [6.45, 7) is 7.26. The number of aryl methyl sites for hydroxylation is 2. The monoisotopic (exact) mass is 572 g/mol. The number of ether oxygens (including phenoxy) is 1. The Hall–Kier alpha value is -5.37. The molecule has 0 radical (unpaired) electrons. The minimum atomic E-state index is -1.00. The number of carbonyl (C=O) groups is 3. The smallest absolute Gasteiger partial charge is 0.338 e. The topological polar surface area (TPSA) is 110 Å². The molecule has 0 saturated carbocycles. The minimum absolute atomic E-state index is 0.188. The number of esters is 1. The fraction of sp³-hybridized carbons (Fsp3) is 0.171. The van der Waals surface area contributed by atoms with Gasteiger partial charge < -0.3 is 15.4 Å². The predicted molar refractivity (Wildman–Crippen MR) is 169 cm³/mol. The molecular formula is C35H32N4O4. The van der Waals surface area contributed by atoms with E-state index in [0.29, 0.717) is 28.1 Å². The van der Waals surface area contributed by atoms with E-state index in [1.54, 1.807) is 49.4 Å². The number of hydrogen-bond donors (Lipinski definition) is 2. The highest BCUT2D eigenvalue weighted by molar-refractivity contribution is 5.99. The van der Waals surface area contributed by atoms with Crippen LogP contribution in [-0.4, -0.2) is 33.9 Å². The Kier molecular flexibility index (Phi) is 8.57. The number of carbonyl (C=O) groups excluding carboxylic acids is 3. The van der Waals surface area contributed by atoms with Gasteiger partial charge in [-0.1, -0.05) is 66.6 Å². The fourth-order valence-corrected chi connectivity index (χ4v) is 4.59. The lowest BCUT2D eigenvalue weighted by molar-refractivity contribution is -0.124. The number of nitrogens with zero attached hydrogens (tertiary/aromatic N) is 2. The first-order chi connectivity index (χ1) is 20.7. The average molecular weight is 573 g/mol. The second-order valence-corrected chi connectivity index (χ2v) is 10.4. The van der Waals surface area contributed by atoms with E-state index >= 15 is 0 Å². The summed E-state index contributed by atoms with van der Waals surface area (Å²) >= 11 is 0. The molecule has 1 atom stereocenters. The molecule has 5 aromatic rings. The molecule has 1 heterocycles. The van der Waals surface area contributed by atoms with E-state index in [-0.39, 0.29) is 17.9 Å². The van der Waals surface area contributed by atoms with Crippen LogP contribution in [0.25, 0.3) is 33.5 Å². The van der Waals surface area contributed by atoms with E-state index in [1.807, 2.05) is 62.4 Å². The van der Waals surface area contributed by atoms with E-state index in [0.717, 1.165) is 27.9 Å². The molecule has 0 bridgehead atoms. The molecule has 0 aliphatic carbocycles. The summed E-state index contributed by atoms with van der Waals surface area (Å²) < 4.78 is 5.62. The first-order valence-electron chi connectivity index (χ1n) is 14.1. The second-order valence-electron chi connectivity index (χ2n) is 10.4. The van der Waals surface area contributed by atoms with Crippen LogP contribution in [0.1, 0.15) is 41.8 Å². The summed E-state index contributed by atoms with van der Waals surface area (Å²) in [7, 11) is 0. The van der Waals surface area contributed by atoms with Gasteiger partial charge in [-0.2, -0.15) is 0 Å². The zero-order valence-corrected chi connectivity index (χ0v) is 24.5. The van der Waals surface area contributed by atoms with Crippen molar-refractivity contribution in [2.75, 3.05) is 10.6 Å². The highest BCUT2D eigenvalue weighted by atomic mass is 16.5. The number of nitrogens with one attached hydrogen (secondary N) is 2. The van der Waals surface area contributed by atoms with Gasteiger partial charge in [0, 0.05) is 29.4 Å². The molecule has 4 aromatic carbocycles. The van der Waals surface area contributed by atoms with Crippen molar-refractivity contribution < 1.29 is 19.1 Å². The molecule has 8 nitrogen and oxygen atoms in total. The van der Waals surface area contributed by atoms with E-state index in [4.69, 9.17) is 14.7 Å². The zero-order valence-electron chi connectivity index (χ0n) is 24.5. The maximum absolute atomic E-state index is 13.2. The molecule has 2 amide bonds. The van der Waals surface area contributed by atoms with E-state index in [1.165, 1.54) is 6.92 Å². The Balaban J connectivity index is 1.40. The first kappa shape index (κ1) is 29.1. The van der Waals surface area contributed by atoms with Crippen LogP contribution in [0.3, 0.4) is 0 Å². The number of amides is 2. The van der Waals surface area contributed by atoms with Gasteiger partial charge in [0.15, 0.2) is 6.10 Å². The lowest BCUT2D eigenvalue weighted by Gasteiger charge is -2.17. The number of aromatic nitrogens is 2. The van der Waals surface area contributed by atoms with Gasteiger partial charge in [0.25, 0.3) is 5.91 Å². The molecule has 216 valence electrons. The van der Waals surface area contributed by atoms with Gasteiger partial charge in [-0.05, 0) is 62.7 Å². The summed E-state index contributed by atoms with van der Waals surface area (Å²) in [5.74, 6) is -1.27. The Bertz CT molecular complexity index is 1800. The number of fused-ring (bicyclic) bond motifs is 1. The quantitative estimate of drug-likeness (QED) is 0.192. The summed E-state index contributed by atoms with van der Waals surface area (Å²) in [4.78, 5) is 47.2. The van der Waals surface area contributed by atoms with Crippen LogP contribution >= 0.6 is 0 Å². The maximum Gasteiger partial charge on any atom is 0.338 e. The predicted octanol–water partition coefficient (Wildman–Crippen LogP) is 7.11. The number of benzene rings is 4. The average Bonchev–Trinajstić information content (AvgIpc) is 3.00. The Morgan fingerprint density at radius 1 is 0.698 bits per heavy atom. The lowest BCUT2D eigenvalue weighted by atomic mass is 10.0. The number of anilines is 2. The molecular weight excluding hydrogens is 540 g/mol. The first-order valence-corrected chi connectivity index (χ1v) is 14.1. The van der Waals surface area contributed by atoms with Crippen LogP contribution in [0.15, 0.2) is 91.0 Å². The molecule has 0 aliphatic heterocycles. The molecule has 5 rings (SSSR count). The highest BCUT2D eigenvalue weighted by Gasteiger charge is 2.23. The van der Waals surface area contributed by atoms with Crippen LogP contribution in [0.5, 0.6) is 0 Å². The van der Waals surface area contributed by atoms with Crippen molar-refractivity contribution in [3.8, 4) is 22.5 Å². The van der Waals surface area contributed by atoms with Gasteiger partial charge in [-0.3, -0.25) is 9.59 Å². The maximum atomic E-state index is 13.2. The molecule has 0 aliphatic rings. The van der Waals surface area contributed by atoms with Gasteiger partial charge in [0.1, 0.15) is 0 Å². The molecule has 0 saturated heterocycles. The molecule has 0 spiro atoms. The summed E-state index contributed by atoms with van der Waals surface area (Å²) in [6, 6.07) is 27.9. The molecule has 1 unspecified atom stereocenters. The molecule has 0 fully saturated rings. The van der Waals surface area contributed by atoms with Crippen LogP contribution in [0.4, 0.5) is 11.4 Å². The Morgan fingerprint density at radius 3 is 1.72 bits per heavy atom. The van der Waals surface area contributed by atoms with Crippen molar-refractivity contribution in [3.63, 3.8) is 0 Å². The molecule has 2 N–H and O–H groups in total. The SMILES string of the molecule is CCC(OC(=O)c1ccc2nc(-c3ccc(C)cc3)c(-c3ccc(C)cc3)nc2c1)C(=O)Nc1ccc(NC(C)=O)cc1. The van der Waals surface area contributed by atoms with Gasteiger partial charge >= 0.3 is 5.97 Å². The van der Waals surface area contributed by atoms with Crippen LogP contribution in [0.2, 0.25) is 0 Å². The van der Waals surface area contributed by atoms with Crippen molar-refractivity contribution in [2.45, 2.75) is 40.2 Å². The molecule has 43 heavy (non-hydrogen) atoms. The van der Waals surface area contributed by atoms with Crippen molar-refractivity contribution in [2.24, 2.45) is 0 Å². The van der Waals surface area contributed by atoms with Crippen molar-refractivity contribution in [1.29, 1.82) is 0 Å². The highest BCUT2D eigenvalue weighted by Crippen LogP contribution is 2.32. The normalized spacial score (nSPS) is 11.5. The van der Waals surface area contributed by atoms with Crippen LogP contribution in [-0.2, 0) is 14.3 Å². The third-order valence-corrected chi connectivity index (χ3v) is 6.94. The van der Waals surface area contributed by atoms with E-state index in [9.17, 15) is 14.4 Å². The summed E-state index contributed by atoms with van der Waals surface area (Å²) in [5.41, 5.74) is 8.17. The molecule has 8 heteroatoms. The van der Waals surface area contributed by atoms with Crippen LogP contribution < -0.4 is 10.6 Å². The standard InChI is InChI=1S/C35H32N4O4/c1-5-31(34(41)37-28-17-15-27(16-18-28)36-23(4)40)43-35(42)26-14-19-29-30(20-26)39-33(25-12-8-22(3)9-13-25)32(38-29)24-10-6-21(2)7-11-24/h6-20,31H,5H2,1-4H3,(H,36,40)(H,37,41). The van der Waals surface area contributed by atoms with Crippen molar-refractivity contribution in [3.05, 3.63) is 108 Å². The van der Waals surface area contributed by atoms with Crippen LogP contribution in [0, 0.1) is 13.8 Å². The van der Waals surface area contributed by atoms with Crippen molar-refractivity contribution in [1.82, 2.24) is 9.97 Å². The van der Waals surface area contributed by atoms with Crippen molar-refractivity contribution >= 4 is 40.2 Å². The third-order valence-electron chi connectivity index (χ3n) is 6.94. The zero-order chi connectivity index (χ0) is 30.5. The van der Waals surface area contributed by atoms with Gasteiger partial charge in [0.05, 0.1) is 28.0 Å². The Labute approximate surface area is 250 Å². The summed E-state index contributed by atoms with van der Waals surface area (Å²) in [5, 5.41) is 5.44. The lowest BCUT2D eigenvalue weighted by Crippen LogP contribution is -2.32.